The lowest BCUT2D eigenvalue weighted by Crippen LogP contribution is -2.30. The van der Waals surface area contributed by atoms with E-state index in [1.54, 1.807) is 43.4 Å². The molecule has 1 aromatic rings. The van der Waals surface area contributed by atoms with Crippen molar-refractivity contribution in [1.29, 1.82) is 0 Å². The highest BCUT2D eigenvalue weighted by atomic mass is 16.5. The zero-order chi connectivity index (χ0) is 15.2. The first-order valence-electron chi connectivity index (χ1n) is 6.85. The molecule has 0 aromatic heterocycles. The molecule has 1 fully saturated rings. The number of anilines is 1. The molecule has 1 heterocycles. The van der Waals surface area contributed by atoms with Gasteiger partial charge in [-0.15, -0.1) is 0 Å². The molecule has 1 saturated heterocycles. The van der Waals surface area contributed by atoms with Crippen molar-refractivity contribution in [2.75, 3.05) is 39.2 Å². The molecule has 0 radical (unpaired) electrons. The Hall–Kier alpha value is -2.08. The van der Waals surface area contributed by atoms with Gasteiger partial charge in [0.2, 0.25) is 11.8 Å². The number of methoxy groups -OCH3 is 2. The van der Waals surface area contributed by atoms with Crippen molar-refractivity contribution in [1.82, 2.24) is 4.90 Å². The molecule has 6 nitrogen and oxygen atoms in total. The van der Waals surface area contributed by atoms with Gasteiger partial charge in [-0.3, -0.25) is 9.59 Å². The second-order valence-corrected chi connectivity index (χ2v) is 4.95. The molecule has 6 heteroatoms. The fourth-order valence-corrected chi connectivity index (χ4v) is 2.28. The van der Waals surface area contributed by atoms with Gasteiger partial charge in [-0.2, -0.15) is 0 Å². The number of amides is 2. The first kappa shape index (κ1) is 15.3. The summed E-state index contributed by atoms with van der Waals surface area (Å²) in [6.45, 7) is 1.46. The summed E-state index contributed by atoms with van der Waals surface area (Å²) in [4.78, 5) is 25.7. The minimum atomic E-state index is -0.309. The Balaban J connectivity index is 1.90. The molecule has 1 aliphatic rings. The molecular weight excluding hydrogens is 272 g/mol. The maximum Gasteiger partial charge on any atom is 0.229 e. The van der Waals surface area contributed by atoms with E-state index in [1.807, 2.05) is 0 Å². The summed E-state index contributed by atoms with van der Waals surface area (Å²) in [5, 5.41) is 2.83. The van der Waals surface area contributed by atoms with Crippen LogP contribution in [0.1, 0.15) is 6.42 Å². The van der Waals surface area contributed by atoms with E-state index in [0.717, 1.165) is 5.75 Å². The molecule has 1 aromatic carbocycles. The van der Waals surface area contributed by atoms with Crippen LogP contribution in [-0.2, 0) is 14.3 Å². The molecule has 2 rings (SSSR count). The van der Waals surface area contributed by atoms with Gasteiger partial charge in [-0.25, -0.2) is 0 Å². The van der Waals surface area contributed by atoms with Crippen LogP contribution in [0.3, 0.4) is 0 Å². The van der Waals surface area contributed by atoms with E-state index in [0.29, 0.717) is 25.4 Å². The summed E-state index contributed by atoms with van der Waals surface area (Å²) in [6, 6.07) is 7.10. The van der Waals surface area contributed by atoms with E-state index >= 15 is 0 Å². The largest absolute Gasteiger partial charge is 0.497 e. The number of rotatable bonds is 6. The minimum absolute atomic E-state index is 0.00179. The number of likely N-dealkylation sites (tertiary alicyclic amines) is 1. The van der Waals surface area contributed by atoms with Crippen LogP contribution < -0.4 is 10.1 Å². The van der Waals surface area contributed by atoms with E-state index in [9.17, 15) is 9.59 Å². The molecule has 0 aliphatic carbocycles. The summed E-state index contributed by atoms with van der Waals surface area (Å²) >= 11 is 0. The van der Waals surface area contributed by atoms with E-state index in [2.05, 4.69) is 5.32 Å². The topological polar surface area (TPSA) is 67.9 Å². The molecule has 0 unspecified atom stereocenters. The van der Waals surface area contributed by atoms with Crippen molar-refractivity contribution in [2.45, 2.75) is 6.42 Å². The number of carbonyl (C=O) groups is 2. The number of hydrogen-bond donors (Lipinski definition) is 1. The Morgan fingerprint density at radius 3 is 2.67 bits per heavy atom. The van der Waals surface area contributed by atoms with E-state index in [4.69, 9.17) is 9.47 Å². The first-order valence-corrected chi connectivity index (χ1v) is 6.85. The lowest BCUT2D eigenvalue weighted by molar-refractivity contribution is -0.128. The number of hydrogen-bond acceptors (Lipinski definition) is 4. The second kappa shape index (κ2) is 7.08. The van der Waals surface area contributed by atoms with Gasteiger partial charge in [0.1, 0.15) is 5.75 Å². The lowest BCUT2D eigenvalue weighted by Gasteiger charge is -2.15. The van der Waals surface area contributed by atoms with Gasteiger partial charge in [0.15, 0.2) is 0 Å². The normalized spacial score (nSPS) is 17.9. The molecule has 1 atom stereocenters. The lowest BCUT2D eigenvalue weighted by atomic mass is 10.1. The van der Waals surface area contributed by atoms with E-state index in [-0.39, 0.29) is 24.2 Å². The highest BCUT2D eigenvalue weighted by Crippen LogP contribution is 2.21. The predicted molar refractivity (Wildman–Crippen MR) is 78.2 cm³/mol. The number of nitrogens with one attached hydrogen (secondary N) is 1. The van der Waals surface area contributed by atoms with Gasteiger partial charge in [0.05, 0.1) is 19.6 Å². The van der Waals surface area contributed by atoms with Crippen LogP contribution in [-0.4, -0.2) is 50.6 Å². The Morgan fingerprint density at radius 2 is 2.05 bits per heavy atom. The van der Waals surface area contributed by atoms with Gasteiger partial charge in [-0.1, -0.05) is 0 Å². The van der Waals surface area contributed by atoms with Crippen LogP contribution in [0.15, 0.2) is 24.3 Å². The number of benzene rings is 1. The average molecular weight is 292 g/mol. The molecule has 1 N–H and O–H groups in total. The van der Waals surface area contributed by atoms with Crippen molar-refractivity contribution in [3.05, 3.63) is 24.3 Å². The van der Waals surface area contributed by atoms with Crippen LogP contribution in [0.5, 0.6) is 5.75 Å². The summed E-state index contributed by atoms with van der Waals surface area (Å²) in [5.74, 6) is 0.293. The number of nitrogens with zero attached hydrogens (tertiary/aromatic N) is 1. The van der Waals surface area contributed by atoms with Crippen molar-refractivity contribution < 1.29 is 19.1 Å². The number of ether oxygens (including phenoxy) is 2. The van der Waals surface area contributed by atoms with Gasteiger partial charge in [0.25, 0.3) is 0 Å². The van der Waals surface area contributed by atoms with Crippen molar-refractivity contribution in [3.63, 3.8) is 0 Å². The molecule has 0 spiro atoms. The predicted octanol–water partition coefficient (Wildman–Crippen LogP) is 1.13. The Bertz CT molecular complexity index is 501. The monoisotopic (exact) mass is 292 g/mol. The van der Waals surface area contributed by atoms with E-state index < -0.39 is 0 Å². The molecule has 114 valence electrons. The summed E-state index contributed by atoms with van der Waals surface area (Å²) in [6.07, 6.45) is 0.256. The maximum absolute atomic E-state index is 12.2. The molecular formula is C15H20N2O4. The van der Waals surface area contributed by atoms with Crippen LogP contribution in [0.4, 0.5) is 5.69 Å². The molecule has 0 saturated carbocycles. The highest BCUT2D eigenvalue weighted by Gasteiger charge is 2.33. The summed E-state index contributed by atoms with van der Waals surface area (Å²) in [5.41, 5.74) is 0.698. The molecule has 1 aliphatic heterocycles. The fraction of sp³-hybridized carbons (Fsp3) is 0.467. The summed E-state index contributed by atoms with van der Waals surface area (Å²) < 4.78 is 10.0. The van der Waals surface area contributed by atoms with Crippen molar-refractivity contribution >= 4 is 17.5 Å². The third-order valence-electron chi connectivity index (χ3n) is 3.51. The molecule has 21 heavy (non-hydrogen) atoms. The second-order valence-electron chi connectivity index (χ2n) is 4.95. The van der Waals surface area contributed by atoms with Crippen molar-refractivity contribution in [3.8, 4) is 5.75 Å². The van der Waals surface area contributed by atoms with Gasteiger partial charge < -0.3 is 19.7 Å². The van der Waals surface area contributed by atoms with Gasteiger partial charge in [0, 0.05) is 32.3 Å². The molecule has 2 amide bonds. The standard InChI is InChI=1S/C15H20N2O4/c1-20-8-7-17-10-11(9-14(17)18)15(19)16-12-3-5-13(21-2)6-4-12/h3-6,11H,7-10H2,1-2H3,(H,16,19)/t11-/m0/s1. The van der Waals surface area contributed by atoms with Crippen LogP contribution in [0.25, 0.3) is 0 Å². The zero-order valence-corrected chi connectivity index (χ0v) is 12.3. The van der Waals surface area contributed by atoms with Crippen LogP contribution >= 0.6 is 0 Å². The minimum Gasteiger partial charge on any atom is -0.497 e. The Morgan fingerprint density at radius 1 is 1.33 bits per heavy atom. The SMILES string of the molecule is COCCN1C[C@@H](C(=O)Nc2ccc(OC)cc2)CC1=O. The van der Waals surface area contributed by atoms with Crippen LogP contribution in [0, 0.1) is 5.92 Å². The zero-order valence-electron chi connectivity index (χ0n) is 12.3. The number of carbonyl (C=O) groups excluding carboxylic acids is 2. The van der Waals surface area contributed by atoms with Gasteiger partial charge in [-0.05, 0) is 24.3 Å². The molecule has 0 bridgehead atoms. The van der Waals surface area contributed by atoms with Gasteiger partial charge >= 0.3 is 0 Å². The Kier molecular flexibility index (Phi) is 5.16. The smallest absolute Gasteiger partial charge is 0.229 e. The third kappa shape index (κ3) is 3.95. The first-order chi connectivity index (χ1) is 10.1. The summed E-state index contributed by atoms with van der Waals surface area (Å²) in [7, 11) is 3.18. The quantitative estimate of drug-likeness (QED) is 0.853. The third-order valence-corrected chi connectivity index (χ3v) is 3.51. The van der Waals surface area contributed by atoms with Crippen molar-refractivity contribution in [2.24, 2.45) is 5.92 Å². The Labute approximate surface area is 124 Å². The fourth-order valence-electron chi connectivity index (χ4n) is 2.28. The maximum atomic E-state index is 12.2. The van der Waals surface area contributed by atoms with Crippen LogP contribution in [0.2, 0.25) is 0 Å². The average Bonchev–Trinajstić information content (AvgIpc) is 2.87. The van der Waals surface area contributed by atoms with E-state index in [1.165, 1.54) is 0 Å². The highest BCUT2D eigenvalue weighted by molar-refractivity contribution is 5.97.